The van der Waals surface area contributed by atoms with Gasteiger partial charge in [0.25, 0.3) is 0 Å². The maximum atomic E-state index is 12.4. The highest BCUT2D eigenvalue weighted by molar-refractivity contribution is 5.83. The van der Waals surface area contributed by atoms with Crippen molar-refractivity contribution in [1.29, 1.82) is 0 Å². The minimum Gasteiger partial charge on any atom is -0.479 e. The third-order valence-electron chi connectivity index (χ3n) is 3.93. The molecule has 7 heteroatoms. The highest BCUT2D eigenvalue weighted by Crippen LogP contribution is 2.21. The summed E-state index contributed by atoms with van der Waals surface area (Å²) in [6.07, 6.45) is 7.02. The Bertz CT molecular complexity index is 514. The van der Waals surface area contributed by atoms with Crippen LogP contribution in [0.3, 0.4) is 0 Å². The Labute approximate surface area is 123 Å². The van der Waals surface area contributed by atoms with Crippen LogP contribution in [0.5, 0.6) is 0 Å². The van der Waals surface area contributed by atoms with Gasteiger partial charge in [-0.15, -0.1) is 0 Å². The van der Waals surface area contributed by atoms with Crippen LogP contribution in [-0.4, -0.2) is 44.4 Å². The van der Waals surface area contributed by atoms with Crippen LogP contribution in [-0.2, 0) is 11.8 Å². The lowest BCUT2D eigenvalue weighted by Crippen LogP contribution is -2.50. The number of carboxylic acids is 1. The Hall–Kier alpha value is -2.05. The normalized spacial score (nSPS) is 20.1. The lowest BCUT2D eigenvalue weighted by Gasteiger charge is -2.35. The van der Waals surface area contributed by atoms with Crippen molar-refractivity contribution in [2.24, 2.45) is 7.05 Å². The number of likely N-dealkylation sites (tertiary alicyclic amines) is 1. The summed E-state index contributed by atoms with van der Waals surface area (Å²) >= 11 is 0. The zero-order valence-corrected chi connectivity index (χ0v) is 12.5. The second-order valence-electron chi connectivity index (χ2n) is 5.42. The molecule has 1 aliphatic heterocycles. The Morgan fingerprint density at radius 3 is 2.86 bits per heavy atom. The molecule has 0 spiro atoms. The predicted octanol–water partition coefficient (Wildman–Crippen LogP) is 1.52. The van der Waals surface area contributed by atoms with Gasteiger partial charge in [0.05, 0.1) is 6.20 Å². The summed E-state index contributed by atoms with van der Waals surface area (Å²) in [6.45, 7) is 2.73. The number of carbonyl (C=O) groups is 2. The third-order valence-corrected chi connectivity index (χ3v) is 3.93. The van der Waals surface area contributed by atoms with E-state index in [1.165, 1.54) is 10.9 Å². The van der Waals surface area contributed by atoms with Gasteiger partial charge >= 0.3 is 12.0 Å². The average molecular weight is 294 g/mol. The van der Waals surface area contributed by atoms with E-state index in [0.717, 1.165) is 25.7 Å². The first-order valence-electron chi connectivity index (χ1n) is 7.31. The predicted molar refractivity (Wildman–Crippen MR) is 76.8 cm³/mol. The summed E-state index contributed by atoms with van der Waals surface area (Å²) in [5.74, 6) is -1.08. The van der Waals surface area contributed by atoms with Gasteiger partial charge in [-0.05, 0) is 25.7 Å². The maximum absolute atomic E-state index is 12.4. The van der Waals surface area contributed by atoms with E-state index < -0.39 is 12.0 Å². The molecule has 2 N–H and O–H groups in total. The molecule has 0 bridgehead atoms. The van der Waals surface area contributed by atoms with Crippen LogP contribution in [0.4, 0.5) is 4.79 Å². The Kier molecular flexibility index (Phi) is 4.82. The summed E-state index contributed by atoms with van der Waals surface area (Å²) in [5.41, 5.74) is 0.475. The fraction of sp³-hybridized carbons (Fsp3) is 0.643. The van der Waals surface area contributed by atoms with Gasteiger partial charge in [-0.2, -0.15) is 5.10 Å². The van der Waals surface area contributed by atoms with E-state index >= 15 is 0 Å². The first-order chi connectivity index (χ1) is 10.0. The molecule has 2 heterocycles. The molecule has 0 aromatic carbocycles. The van der Waals surface area contributed by atoms with Crippen molar-refractivity contribution in [3.63, 3.8) is 0 Å². The number of aliphatic carboxylic acids is 1. The molecule has 1 aromatic rings. The second-order valence-corrected chi connectivity index (χ2v) is 5.42. The maximum Gasteiger partial charge on any atom is 0.331 e. The van der Waals surface area contributed by atoms with E-state index in [1.807, 2.05) is 6.92 Å². The number of nitrogens with zero attached hydrogens (tertiary/aromatic N) is 3. The summed E-state index contributed by atoms with van der Waals surface area (Å²) in [7, 11) is 1.71. The molecule has 1 saturated heterocycles. The van der Waals surface area contributed by atoms with Gasteiger partial charge in [0, 0.05) is 31.4 Å². The van der Waals surface area contributed by atoms with Gasteiger partial charge in [0.15, 0.2) is 6.04 Å². The molecule has 2 unspecified atom stereocenters. The Balaban J connectivity index is 2.09. The smallest absolute Gasteiger partial charge is 0.331 e. The molecule has 0 aliphatic carbocycles. The number of rotatable bonds is 4. The van der Waals surface area contributed by atoms with Gasteiger partial charge in [0.1, 0.15) is 0 Å². The third kappa shape index (κ3) is 3.53. The molecule has 7 nitrogen and oxygen atoms in total. The molecule has 1 fully saturated rings. The Morgan fingerprint density at radius 1 is 1.52 bits per heavy atom. The summed E-state index contributed by atoms with van der Waals surface area (Å²) in [5, 5.41) is 15.9. The molecular formula is C14H22N4O3. The van der Waals surface area contributed by atoms with Gasteiger partial charge in [-0.1, -0.05) is 6.92 Å². The SMILES string of the molecule is CCC1CCCCN1C(=O)NC(C(=O)O)c1cnn(C)c1. The van der Waals surface area contributed by atoms with Crippen LogP contribution in [0, 0.1) is 0 Å². The van der Waals surface area contributed by atoms with Crippen LogP contribution in [0.1, 0.15) is 44.2 Å². The van der Waals surface area contributed by atoms with E-state index in [0.29, 0.717) is 12.1 Å². The van der Waals surface area contributed by atoms with E-state index in [9.17, 15) is 14.7 Å². The van der Waals surface area contributed by atoms with E-state index in [4.69, 9.17) is 0 Å². The van der Waals surface area contributed by atoms with Crippen LogP contribution >= 0.6 is 0 Å². The van der Waals surface area contributed by atoms with Crippen molar-refractivity contribution in [2.45, 2.75) is 44.7 Å². The zero-order chi connectivity index (χ0) is 15.4. The molecule has 0 saturated carbocycles. The van der Waals surface area contributed by atoms with Crippen LogP contribution in [0.2, 0.25) is 0 Å². The van der Waals surface area contributed by atoms with Gasteiger partial charge in [-0.25, -0.2) is 9.59 Å². The van der Waals surface area contributed by atoms with Crippen molar-refractivity contribution in [2.75, 3.05) is 6.54 Å². The standard InChI is InChI=1S/C14H22N4O3/c1-3-11-6-4-5-7-18(11)14(21)16-12(13(19)20)10-8-15-17(2)9-10/h8-9,11-12H,3-7H2,1-2H3,(H,16,21)(H,19,20). The largest absolute Gasteiger partial charge is 0.479 e. The van der Waals surface area contributed by atoms with Crippen molar-refractivity contribution in [3.8, 4) is 0 Å². The molecule has 1 aliphatic rings. The number of nitrogens with one attached hydrogen (secondary N) is 1. The molecule has 1 aromatic heterocycles. The fourth-order valence-corrected chi connectivity index (χ4v) is 2.78. The van der Waals surface area contributed by atoms with Crippen LogP contribution in [0.15, 0.2) is 12.4 Å². The second kappa shape index (κ2) is 6.60. The topological polar surface area (TPSA) is 87.5 Å². The molecule has 21 heavy (non-hydrogen) atoms. The molecule has 116 valence electrons. The minimum absolute atomic E-state index is 0.196. The van der Waals surface area contributed by atoms with E-state index in [1.54, 1.807) is 18.1 Å². The number of piperidine rings is 1. The van der Waals surface area contributed by atoms with Gasteiger partial charge < -0.3 is 15.3 Å². The number of hydrogen-bond acceptors (Lipinski definition) is 3. The lowest BCUT2D eigenvalue weighted by molar-refractivity contribution is -0.139. The number of carbonyl (C=O) groups excluding carboxylic acids is 1. The highest BCUT2D eigenvalue weighted by Gasteiger charge is 2.30. The molecular weight excluding hydrogens is 272 g/mol. The fourth-order valence-electron chi connectivity index (χ4n) is 2.78. The first-order valence-corrected chi connectivity index (χ1v) is 7.31. The number of amides is 2. The minimum atomic E-state index is -1.08. The van der Waals surface area contributed by atoms with Gasteiger partial charge in [-0.3, -0.25) is 4.68 Å². The zero-order valence-electron chi connectivity index (χ0n) is 12.5. The number of carboxylic acid groups (broad SMARTS) is 1. The molecule has 2 amide bonds. The first kappa shape index (κ1) is 15.3. The van der Waals surface area contributed by atoms with Crippen molar-refractivity contribution in [1.82, 2.24) is 20.0 Å². The number of hydrogen-bond donors (Lipinski definition) is 2. The lowest BCUT2D eigenvalue weighted by atomic mass is 10.0. The van der Waals surface area contributed by atoms with Crippen molar-refractivity contribution >= 4 is 12.0 Å². The van der Waals surface area contributed by atoms with Crippen LogP contribution < -0.4 is 5.32 Å². The molecule has 2 rings (SSSR count). The Morgan fingerprint density at radius 2 is 2.29 bits per heavy atom. The van der Waals surface area contributed by atoms with Crippen molar-refractivity contribution in [3.05, 3.63) is 18.0 Å². The summed E-state index contributed by atoms with van der Waals surface area (Å²) < 4.78 is 1.52. The summed E-state index contributed by atoms with van der Waals surface area (Å²) in [6, 6.07) is -1.18. The molecule has 2 atom stereocenters. The monoisotopic (exact) mass is 294 g/mol. The van der Waals surface area contributed by atoms with Crippen LogP contribution in [0.25, 0.3) is 0 Å². The molecule has 0 radical (unpaired) electrons. The van der Waals surface area contributed by atoms with Gasteiger partial charge in [0.2, 0.25) is 0 Å². The highest BCUT2D eigenvalue weighted by atomic mass is 16.4. The average Bonchev–Trinajstić information content (AvgIpc) is 2.90. The van der Waals surface area contributed by atoms with E-state index in [-0.39, 0.29) is 12.1 Å². The van der Waals surface area contributed by atoms with E-state index in [2.05, 4.69) is 10.4 Å². The van der Waals surface area contributed by atoms with Crippen molar-refractivity contribution < 1.29 is 14.7 Å². The number of urea groups is 1. The summed E-state index contributed by atoms with van der Waals surface area (Å²) in [4.78, 5) is 25.6. The number of aryl methyl sites for hydroxylation is 1. The number of aromatic nitrogens is 2. The quantitative estimate of drug-likeness (QED) is 0.881.